The van der Waals surface area contributed by atoms with E-state index in [4.69, 9.17) is 4.74 Å². The molecule has 0 saturated heterocycles. The van der Waals surface area contributed by atoms with Gasteiger partial charge in [-0.15, -0.1) is 0 Å². The van der Waals surface area contributed by atoms with Crippen LogP contribution >= 0.6 is 0 Å². The van der Waals surface area contributed by atoms with E-state index in [0.29, 0.717) is 24.1 Å². The summed E-state index contributed by atoms with van der Waals surface area (Å²) in [6.07, 6.45) is 8.18. The zero-order valence-electron chi connectivity index (χ0n) is 13.8. The van der Waals surface area contributed by atoms with Crippen molar-refractivity contribution in [3.8, 4) is 0 Å². The minimum Gasteiger partial charge on any atom is -0.378 e. The first-order valence-electron chi connectivity index (χ1n) is 8.40. The highest BCUT2D eigenvalue weighted by atomic mass is 16.5. The Morgan fingerprint density at radius 3 is 2.57 bits per heavy atom. The van der Waals surface area contributed by atoms with Crippen LogP contribution in [0.4, 0.5) is 4.79 Å². The molecule has 5 heteroatoms. The molecule has 122 valence electrons. The molecule has 2 rings (SSSR count). The molecule has 0 radical (unpaired) electrons. The summed E-state index contributed by atoms with van der Waals surface area (Å²) in [5.41, 5.74) is 0.361. The average Bonchev–Trinajstić information content (AvgIpc) is 2.49. The molecule has 2 amide bonds. The number of rotatable bonds is 6. The SMILES string of the molecule is CCOC1CC(NCCNC(=O)N(C)C)C12CCCCC2. The fourth-order valence-electron chi connectivity index (χ4n) is 3.92. The second-order valence-corrected chi connectivity index (χ2v) is 6.61. The van der Waals surface area contributed by atoms with Crippen LogP contribution in [0.25, 0.3) is 0 Å². The predicted octanol–water partition coefficient (Wildman–Crippen LogP) is 1.98. The van der Waals surface area contributed by atoms with Gasteiger partial charge in [-0.3, -0.25) is 0 Å². The average molecular weight is 297 g/mol. The Bertz CT molecular complexity index is 340. The van der Waals surface area contributed by atoms with Gasteiger partial charge in [-0.2, -0.15) is 0 Å². The van der Waals surface area contributed by atoms with Crippen LogP contribution in [0.15, 0.2) is 0 Å². The Kier molecular flexibility index (Phi) is 5.88. The second-order valence-electron chi connectivity index (χ2n) is 6.61. The summed E-state index contributed by atoms with van der Waals surface area (Å²) in [6, 6.07) is 0.538. The normalized spacial score (nSPS) is 27.2. The van der Waals surface area contributed by atoms with Crippen LogP contribution in [0.5, 0.6) is 0 Å². The van der Waals surface area contributed by atoms with E-state index in [9.17, 15) is 4.79 Å². The van der Waals surface area contributed by atoms with Gasteiger partial charge in [0.15, 0.2) is 0 Å². The van der Waals surface area contributed by atoms with Gasteiger partial charge >= 0.3 is 6.03 Å². The monoisotopic (exact) mass is 297 g/mol. The summed E-state index contributed by atoms with van der Waals surface area (Å²) in [5.74, 6) is 0. The summed E-state index contributed by atoms with van der Waals surface area (Å²) in [4.78, 5) is 13.0. The zero-order chi connectivity index (χ0) is 15.3. The van der Waals surface area contributed by atoms with Crippen LogP contribution < -0.4 is 10.6 Å². The van der Waals surface area contributed by atoms with Crippen LogP contribution in [0.1, 0.15) is 45.4 Å². The topological polar surface area (TPSA) is 53.6 Å². The van der Waals surface area contributed by atoms with Gasteiger partial charge in [0.05, 0.1) is 6.10 Å². The number of urea groups is 1. The zero-order valence-corrected chi connectivity index (χ0v) is 13.8. The number of carbonyl (C=O) groups excluding carboxylic acids is 1. The lowest BCUT2D eigenvalue weighted by atomic mass is 9.55. The molecule has 21 heavy (non-hydrogen) atoms. The van der Waals surface area contributed by atoms with E-state index in [1.54, 1.807) is 19.0 Å². The van der Waals surface area contributed by atoms with Gasteiger partial charge in [0.25, 0.3) is 0 Å². The Morgan fingerprint density at radius 2 is 1.95 bits per heavy atom. The maximum atomic E-state index is 11.5. The molecule has 2 saturated carbocycles. The Balaban J connectivity index is 1.76. The first-order valence-corrected chi connectivity index (χ1v) is 8.40. The fraction of sp³-hybridized carbons (Fsp3) is 0.938. The Labute approximate surface area is 128 Å². The third-order valence-corrected chi connectivity index (χ3v) is 5.14. The second kappa shape index (κ2) is 7.45. The quantitative estimate of drug-likeness (QED) is 0.737. The Morgan fingerprint density at radius 1 is 1.24 bits per heavy atom. The molecule has 2 N–H and O–H groups in total. The lowest BCUT2D eigenvalue weighted by Crippen LogP contribution is -2.65. The van der Waals surface area contributed by atoms with Crippen molar-refractivity contribution in [1.82, 2.24) is 15.5 Å². The number of amides is 2. The van der Waals surface area contributed by atoms with E-state index >= 15 is 0 Å². The van der Waals surface area contributed by atoms with Gasteiger partial charge in [0.2, 0.25) is 0 Å². The molecular formula is C16H31N3O2. The van der Waals surface area contributed by atoms with Crippen molar-refractivity contribution in [2.24, 2.45) is 5.41 Å². The third-order valence-electron chi connectivity index (χ3n) is 5.14. The first kappa shape index (κ1) is 16.6. The highest BCUT2D eigenvalue weighted by Gasteiger charge is 2.55. The van der Waals surface area contributed by atoms with E-state index < -0.39 is 0 Å². The molecule has 2 unspecified atom stereocenters. The Hall–Kier alpha value is -0.810. The van der Waals surface area contributed by atoms with Crippen molar-refractivity contribution in [3.05, 3.63) is 0 Å². The van der Waals surface area contributed by atoms with Gasteiger partial charge in [-0.25, -0.2) is 4.79 Å². The van der Waals surface area contributed by atoms with Crippen LogP contribution in [-0.2, 0) is 4.74 Å². The molecule has 0 aromatic heterocycles. The maximum absolute atomic E-state index is 11.5. The van der Waals surface area contributed by atoms with E-state index in [1.165, 1.54) is 32.1 Å². The maximum Gasteiger partial charge on any atom is 0.316 e. The predicted molar refractivity (Wildman–Crippen MR) is 84.4 cm³/mol. The summed E-state index contributed by atoms with van der Waals surface area (Å²) in [5, 5.41) is 6.56. The summed E-state index contributed by atoms with van der Waals surface area (Å²) in [7, 11) is 3.52. The van der Waals surface area contributed by atoms with E-state index in [-0.39, 0.29) is 6.03 Å². The number of nitrogens with zero attached hydrogens (tertiary/aromatic N) is 1. The molecule has 2 aliphatic carbocycles. The summed E-state index contributed by atoms with van der Waals surface area (Å²) in [6.45, 7) is 4.43. The summed E-state index contributed by atoms with van der Waals surface area (Å²) >= 11 is 0. The highest BCUT2D eigenvalue weighted by Crippen LogP contribution is 2.53. The molecule has 0 bridgehead atoms. The first-order chi connectivity index (χ1) is 10.1. The van der Waals surface area contributed by atoms with Gasteiger partial charge in [-0.05, 0) is 26.2 Å². The molecule has 1 spiro atoms. The molecular weight excluding hydrogens is 266 g/mol. The van der Waals surface area contributed by atoms with E-state index in [0.717, 1.165) is 19.6 Å². The van der Waals surface area contributed by atoms with E-state index in [2.05, 4.69) is 17.6 Å². The van der Waals surface area contributed by atoms with Crippen molar-refractivity contribution in [2.75, 3.05) is 33.8 Å². The third kappa shape index (κ3) is 3.69. The molecule has 2 fully saturated rings. The molecule has 0 aliphatic heterocycles. The minimum absolute atomic E-state index is 0.0232. The highest BCUT2D eigenvalue weighted by molar-refractivity contribution is 5.73. The molecule has 0 aromatic carbocycles. The molecule has 0 aromatic rings. The standard InChI is InChI=1S/C16H31N3O2/c1-4-21-14-12-13(16(14)8-6-5-7-9-16)17-10-11-18-15(20)19(2)3/h13-14,17H,4-12H2,1-3H3,(H,18,20). The summed E-state index contributed by atoms with van der Waals surface area (Å²) < 4.78 is 5.96. The van der Waals surface area contributed by atoms with Gasteiger partial charge in [0.1, 0.15) is 0 Å². The molecule has 0 heterocycles. The molecule has 5 nitrogen and oxygen atoms in total. The molecule has 2 aliphatic rings. The van der Waals surface area contributed by atoms with Gasteiger partial charge < -0.3 is 20.3 Å². The van der Waals surface area contributed by atoms with Crippen molar-refractivity contribution < 1.29 is 9.53 Å². The van der Waals surface area contributed by atoms with Crippen molar-refractivity contribution in [2.45, 2.75) is 57.6 Å². The lowest BCUT2D eigenvalue weighted by Gasteiger charge is -2.58. The van der Waals surface area contributed by atoms with Crippen molar-refractivity contribution in [1.29, 1.82) is 0 Å². The van der Waals surface area contributed by atoms with E-state index in [1.807, 2.05) is 0 Å². The van der Waals surface area contributed by atoms with Crippen molar-refractivity contribution >= 4 is 6.03 Å². The smallest absolute Gasteiger partial charge is 0.316 e. The van der Waals surface area contributed by atoms with Gasteiger partial charge in [-0.1, -0.05) is 19.3 Å². The largest absolute Gasteiger partial charge is 0.378 e. The van der Waals surface area contributed by atoms with Crippen LogP contribution in [0.3, 0.4) is 0 Å². The van der Waals surface area contributed by atoms with Crippen LogP contribution in [0, 0.1) is 5.41 Å². The fourth-order valence-corrected chi connectivity index (χ4v) is 3.92. The number of hydrogen-bond donors (Lipinski definition) is 2. The number of nitrogens with one attached hydrogen (secondary N) is 2. The van der Waals surface area contributed by atoms with Crippen LogP contribution in [-0.4, -0.2) is 56.9 Å². The minimum atomic E-state index is -0.0232. The van der Waals surface area contributed by atoms with Gasteiger partial charge in [0, 0.05) is 45.2 Å². The molecule has 2 atom stereocenters. The lowest BCUT2D eigenvalue weighted by molar-refractivity contribution is -0.149. The van der Waals surface area contributed by atoms with Crippen molar-refractivity contribution in [3.63, 3.8) is 0 Å². The van der Waals surface area contributed by atoms with Crippen LogP contribution in [0.2, 0.25) is 0 Å². The number of carbonyl (C=O) groups is 1. The number of ether oxygens (including phenoxy) is 1. The number of hydrogen-bond acceptors (Lipinski definition) is 3.